The van der Waals surface area contributed by atoms with Crippen molar-refractivity contribution >= 4 is 18.4 Å². The molecule has 0 spiro atoms. The highest BCUT2D eigenvalue weighted by molar-refractivity contribution is 7.42. The van der Waals surface area contributed by atoms with Crippen molar-refractivity contribution < 1.29 is 0 Å². The van der Waals surface area contributed by atoms with E-state index in [0.717, 1.165) is 7.83 Å². The van der Waals surface area contributed by atoms with Gasteiger partial charge in [-0.05, 0) is 51.4 Å². The Bertz CT molecular complexity index is 196. The minimum absolute atomic E-state index is 1.16. The second kappa shape index (κ2) is 5.05. The van der Waals surface area contributed by atoms with E-state index in [0.29, 0.717) is 0 Å². The first-order valence-corrected chi connectivity index (χ1v) is 6.91. The predicted molar refractivity (Wildman–Crippen MR) is 64.5 cm³/mol. The average Bonchev–Trinajstić information content (AvgIpc) is 2.21. The van der Waals surface area contributed by atoms with Crippen molar-refractivity contribution in [3.05, 3.63) is 0 Å². The van der Waals surface area contributed by atoms with E-state index in [1.54, 1.807) is 0 Å². The topological polar surface area (TPSA) is 0 Å². The maximum atomic E-state index is 1.91. The molecule has 2 aliphatic rings. The fourth-order valence-electron chi connectivity index (χ4n) is 2.46. The number of hydrogen-bond acceptors (Lipinski definition) is 0. The number of rotatable bonds is 0. The lowest BCUT2D eigenvalue weighted by molar-refractivity contribution is 0.672. The Labute approximate surface area is 83.2 Å². The third-order valence-corrected chi connectivity index (χ3v) is 4.97. The van der Waals surface area contributed by atoms with Gasteiger partial charge in [0.1, 0.15) is 0 Å². The molecule has 2 aliphatic carbocycles. The van der Waals surface area contributed by atoms with Crippen molar-refractivity contribution in [2.75, 3.05) is 0 Å². The Morgan fingerprint density at radius 2 is 0.923 bits per heavy atom. The van der Waals surface area contributed by atoms with Gasteiger partial charge in [0.05, 0.1) is 0 Å². The van der Waals surface area contributed by atoms with Crippen LogP contribution in [-0.2, 0) is 0 Å². The van der Waals surface area contributed by atoms with E-state index >= 15 is 0 Å². The monoisotopic (exact) mass is 196 g/mol. The van der Waals surface area contributed by atoms with Gasteiger partial charge in [-0.25, -0.2) is 0 Å². The Kier molecular flexibility index (Phi) is 3.73. The highest BCUT2D eigenvalue weighted by Crippen LogP contribution is 2.22. The number of hydrogen-bond donors (Lipinski definition) is 0. The van der Waals surface area contributed by atoms with E-state index in [2.05, 4.69) is 0 Å². The van der Waals surface area contributed by atoms with Crippen LogP contribution in [0.5, 0.6) is 0 Å². The molecule has 0 N–H and O–H groups in total. The van der Waals surface area contributed by atoms with Gasteiger partial charge in [-0.15, -0.1) is 7.83 Å². The normalized spacial score (nSPS) is 24.6. The van der Waals surface area contributed by atoms with Crippen molar-refractivity contribution in [2.24, 2.45) is 0 Å². The largest absolute Gasteiger partial charge is 0.142 e. The minimum Gasteiger partial charge on any atom is -0.142 e. The van der Waals surface area contributed by atoms with E-state index < -0.39 is 0 Å². The maximum absolute atomic E-state index is 1.91. The summed E-state index contributed by atoms with van der Waals surface area (Å²) in [4.78, 5) is 0. The van der Waals surface area contributed by atoms with Crippen LogP contribution in [0.4, 0.5) is 0 Å². The Balaban J connectivity index is 2.04. The summed E-state index contributed by atoms with van der Waals surface area (Å²) in [6, 6.07) is 0. The molecule has 0 atom stereocenters. The molecule has 0 aromatic rings. The van der Waals surface area contributed by atoms with Crippen LogP contribution in [0.1, 0.15) is 64.2 Å². The fraction of sp³-hybridized carbons (Fsp3) is 0.833. The first-order valence-electron chi connectivity index (χ1n) is 5.91. The lowest BCUT2D eigenvalue weighted by atomic mass is 10.0. The van der Waals surface area contributed by atoms with Gasteiger partial charge >= 0.3 is 0 Å². The lowest BCUT2D eigenvalue weighted by Crippen LogP contribution is -2.04. The van der Waals surface area contributed by atoms with Gasteiger partial charge in [-0.2, -0.15) is 0 Å². The highest BCUT2D eigenvalue weighted by atomic mass is 31.0. The summed E-state index contributed by atoms with van der Waals surface area (Å²) in [6.07, 6.45) is 14.7. The Hall–Kier alpha value is 0.0400. The Morgan fingerprint density at radius 3 is 1.31 bits per heavy atom. The SMILES string of the molecule is C1CCC(=[PH]=C2CCCCC2)CC1. The molecule has 1 heteroatoms. The van der Waals surface area contributed by atoms with Crippen LogP contribution >= 0.6 is 7.83 Å². The zero-order chi connectivity index (χ0) is 8.93. The molecule has 0 bridgehead atoms. The Morgan fingerprint density at radius 1 is 0.538 bits per heavy atom. The zero-order valence-electron chi connectivity index (χ0n) is 8.57. The van der Waals surface area contributed by atoms with Gasteiger partial charge < -0.3 is 0 Å². The van der Waals surface area contributed by atoms with Gasteiger partial charge in [-0.3, -0.25) is 0 Å². The summed E-state index contributed by atoms with van der Waals surface area (Å²) in [5.41, 5.74) is 0. The molecule has 0 amide bonds. The molecule has 2 fully saturated rings. The van der Waals surface area contributed by atoms with E-state index in [9.17, 15) is 0 Å². The van der Waals surface area contributed by atoms with Gasteiger partial charge in [0.15, 0.2) is 0 Å². The van der Waals surface area contributed by atoms with Gasteiger partial charge in [-0.1, -0.05) is 23.4 Å². The van der Waals surface area contributed by atoms with Crippen molar-refractivity contribution in [3.8, 4) is 0 Å². The van der Waals surface area contributed by atoms with Crippen LogP contribution in [0.25, 0.3) is 0 Å². The summed E-state index contributed by atoms with van der Waals surface area (Å²) < 4.78 is 0. The van der Waals surface area contributed by atoms with Crippen LogP contribution in [0.15, 0.2) is 0 Å². The fourth-order valence-corrected chi connectivity index (χ4v) is 4.16. The van der Waals surface area contributed by atoms with Crippen molar-refractivity contribution in [2.45, 2.75) is 64.2 Å². The first kappa shape index (κ1) is 9.59. The predicted octanol–water partition coefficient (Wildman–Crippen LogP) is 3.94. The van der Waals surface area contributed by atoms with Crippen molar-refractivity contribution in [1.29, 1.82) is 0 Å². The quantitative estimate of drug-likeness (QED) is 0.515. The molecule has 0 unspecified atom stereocenters. The van der Waals surface area contributed by atoms with Crippen LogP contribution in [0.2, 0.25) is 0 Å². The van der Waals surface area contributed by atoms with Crippen LogP contribution < -0.4 is 0 Å². The van der Waals surface area contributed by atoms with Crippen LogP contribution in [0.3, 0.4) is 0 Å². The molecule has 2 saturated carbocycles. The van der Waals surface area contributed by atoms with Crippen LogP contribution in [0, 0.1) is 0 Å². The van der Waals surface area contributed by atoms with Gasteiger partial charge in [0.25, 0.3) is 0 Å². The standard InChI is InChI=1S/C12H21P/c1-3-7-11(8-4-1)13-12-9-5-2-6-10-12/h13H,1-10H2. The van der Waals surface area contributed by atoms with E-state index in [1.807, 2.05) is 10.6 Å². The first-order chi connectivity index (χ1) is 6.45. The molecule has 2 rings (SSSR count). The average molecular weight is 196 g/mol. The molecular formula is C12H21P. The molecule has 0 nitrogen and oxygen atoms in total. The molecule has 74 valence electrons. The highest BCUT2D eigenvalue weighted by Gasteiger charge is 2.06. The molecule has 0 aromatic carbocycles. The summed E-state index contributed by atoms with van der Waals surface area (Å²) in [6.45, 7) is 0. The van der Waals surface area contributed by atoms with E-state index in [4.69, 9.17) is 0 Å². The smallest absolute Gasteiger partial charge is 0.0282 e. The minimum atomic E-state index is 1.16. The lowest BCUT2D eigenvalue weighted by Gasteiger charge is -2.15. The molecule has 0 radical (unpaired) electrons. The zero-order valence-corrected chi connectivity index (χ0v) is 9.57. The second-order valence-corrected chi connectivity index (χ2v) is 6.12. The molecule has 0 aliphatic heterocycles. The third kappa shape index (κ3) is 3.02. The van der Waals surface area contributed by atoms with Gasteiger partial charge in [0.2, 0.25) is 0 Å². The summed E-state index contributed by atoms with van der Waals surface area (Å²) in [7, 11) is 1.16. The molecule has 0 aromatic heterocycles. The summed E-state index contributed by atoms with van der Waals surface area (Å²) >= 11 is 0. The van der Waals surface area contributed by atoms with Crippen molar-refractivity contribution in [1.82, 2.24) is 0 Å². The van der Waals surface area contributed by atoms with E-state index in [1.165, 1.54) is 64.2 Å². The summed E-state index contributed by atoms with van der Waals surface area (Å²) in [5, 5.41) is 3.81. The second-order valence-electron chi connectivity index (χ2n) is 4.45. The molecule has 0 heterocycles. The summed E-state index contributed by atoms with van der Waals surface area (Å²) in [5.74, 6) is 0. The molecule has 13 heavy (non-hydrogen) atoms. The molecule has 0 saturated heterocycles. The molecular weight excluding hydrogens is 175 g/mol. The van der Waals surface area contributed by atoms with E-state index in [-0.39, 0.29) is 0 Å². The maximum Gasteiger partial charge on any atom is -0.0282 e. The van der Waals surface area contributed by atoms with Crippen molar-refractivity contribution in [3.63, 3.8) is 0 Å². The van der Waals surface area contributed by atoms with Gasteiger partial charge in [0, 0.05) is 0 Å². The van der Waals surface area contributed by atoms with Crippen LogP contribution in [-0.4, -0.2) is 10.6 Å². The third-order valence-electron chi connectivity index (χ3n) is 3.27.